The molecule has 1 saturated heterocycles. The Hall–Kier alpha value is -3.23. The van der Waals surface area contributed by atoms with Crippen LogP contribution < -0.4 is 14.6 Å². The molecule has 1 saturated carbocycles. The topological polar surface area (TPSA) is 65.4 Å². The maximum Gasteiger partial charge on any atom is 0.431 e. The van der Waals surface area contributed by atoms with Gasteiger partial charge in [0.1, 0.15) is 11.5 Å². The smallest absolute Gasteiger partial charge is 0.431 e. The van der Waals surface area contributed by atoms with Crippen LogP contribution in [0.15, 0.2) is 53.6 Å². The molecular weight excluding hydrogens is 483 g/mol. The number of carbonyl (C=O) groups is 1. The zero-order valence-corrected chi connectivity index (χ0v) is 21.0. The number of methoxy groups -OCH3 is 1. The van der Waals surface area contributed by atoms with Gasteiger partial charge in [-0.1, -0.05) is 25.1 Å². The third-order valence-corrected chi connectivity index (χ3v) is 8.33. The fraction of sp³-hybridized carbons (Fsp3) is 0.500. The van der Waals surface area contributed by atoms with Crippen molar-refractivity contribution in [1.82, 2.24) is 0 Å². The summed E-state index contributed by atoms with van der Waals surface area (Å²) in [7, 11) is 1.68. The van der Waals surface area contributed by atoms with Gasteiger partial charge in [-0.15, -0.1) is 0 Å². The molecule has 0 spiro atoms. The number of fused-ring (bicyclic) bond motifs is 2. The van der Waals surface area contributed by atoms with Crippen LogP contribution in [0.1, 0.15) is 31.7 Å². The Morgan fingerprint density at radius 2 is 1.76 bits per heavy atom. The molecule has 2 bridgehead atoms. The number of rotatable bonds is 7. The van der Waals surface area contributed by atoms with Crippen LogP contribution in [0.4, 0.5) is 24.5 Å². The van der Waals surface area contributed by atoms with Gasteiger partial charge in [-0.25, -0.2) is 0 Å². The molecule has 0 radical (unpaired) electrons. The number of hydrogen-bond acceptors (Lipinski definition) is 5. The molecule has 3 aliphatic rings. The average molecular weight is 516 g/mol. The van der Waals surface area contributed by atoms with Crippen LogP contribution in [-0.2, 0) is 11.2 Å². The number of halogens is 3. The number of carboxylic acids is 1. The average Bonchev–Trinajstić information content (AvgIpc) is 3.29. The second kappa shape index (κ2) is 9.91. The van der Waals surface area contributed by atoms with Gasteiger partial charge in [0, 0.05) is 30.8 Å². The summed E-state index contributed by atoms with van der Waals surface area (Å²) in [6.07, 6.45) is -1.69. The first-order chi connectivity index (χ1) is 17.6. The van der Waals surface area contributed by atoms with Crippen LogP contribution in [0.2, 0.25) is 0 Å². The number of aliphatic carboxylic acids is 1. The Balaban J connectivity index is 1.29. The van der Waals surface area contributed by atoms with E-state index in [4.69, 9.17) is 4.74 Å². The second-order valence-electron chi connectivity index (χ2n) is 10.5. The summed E-state index contributed by atoms with van der Waals surface area (Å²) in [5.41, 5.74) is 1.88. The molecule has 5 rings (SSSR count). The zero-order valence-electron chi connectivity index (χ0n) is 21.0. The molecule has 9 heteroatoms. The highest BCUT2D eigenvalue weighted by molar-refractivity contribution is 5.95. The number of alkyl halides is 3. The SMILES string of the molecule is COc1cccc(N2CC3CCC(C2)C3Cc2ccc(N3N=C(C(F)(F)F)[C@@H](C)[C@@H]3CC(=O)O)cc2)c1. The molecule has 4 atom stereocenters. The Morgan fingerprint density at radius 1 is 1.08 bits per heavy atom. The molecule has 2 heterocycles. The molecule has 0 aromatic heterocycles. The summed E-state index contributed by atoms with van der Waals surface area (Å²) in [6.45, 7) is 3.40. The summed E-state index contributed by atoms with van der Waals surface area (Å²) in [4.78, 5) is 13.8. The highest BCUT2D eigenvalue weighted by Gasteiger charge is 2.49. The minimum Gasteiger partial charge on any atom is -0.497 e. The maximum absolute atomic E-state index is 13.5. The van der Waals surface area contributed by atoms with Crippen molar-refractivity contribution in [2.75, 3.05) is 30.1 Å². The van der Waals surface area contributed by atoms with E-state index in [1.54, 1.807) is 19.2 Å². The Bertz CT molecular complexity index is 1150. The number of anilines is 2. The molecule has 1 N–H and O–H groups in total. The number of carboxylic acid groups (broad SMARTS) is 1. The second-order valence-corrected chi connectivity index (χ2v) is 10.5. The molecule has 6 nitrogen and oxygen atoms in total. The molecule has 198 valence electrons. The molecule has 0 amide bonds. The summed E-state index contributed by atoms with van der Waals surface area (Å²) in [5, 5.41) is 14.3. The van der Waals surface area contributed by atoms with Crippen LogP contribution in [0, 0.1) is 23.7 Å². The Morgan fingerprint density at radius 3 is 2.35 bits per heavy atom. The van der Waals surface area contributed by atoms with E-state index in [-0.39, 0.29) is 0 Å². The fourth-order valence-corrected chi connectivity index (χ4v) is 6.43. The van der Waals surface area contributed by atoms with Crippen molar-refractivity contribution in [1.29, 1.82) is 0 Å². The Labute approximate surface area is 214 Å². The lowest BCUT2D eigenvalue weighted by Gasteiger charge is -2.39. The van der Waals surface area contributed by atoms with E-state index >= 15 is 0 Å². The van der Waals surface area contributed by atoms with Crippen LogP contribution in [0.3, 0.4) is 0 Å². The van der Waals surface area contributed by atoms with Crippen molar-refractivity contribution in [2.45, 2.75) is 44.8 Å². The minimum atomic E-state index is -4.59. The van der Waals surface area contributed by atoms with Gasteiger partial charge in [-0.3, -0.25) is 9.80 Å². The lowest BCUT2D eigenvalue weighted by molar-refractivity contribution is -0.137. The third kappa shape index (κ3) is 5.13. The first-order valence-electron chi connectivity index (χ1n) is 12.8. The van der Waals surface area contributed by atoms with E-state index in [1.807, 2.05) is 24.3 Å². The van der Waals surface area contributed by atoms with Crippen molar-refractivity contribution >= 4 is 23.1 Å². The summed E-state index contributed by atoms with van der Waals surface area (Å²) in [5.74, 6) is 0.422. The first kappa shape index (κ1) is 25.4. The van der Waals surface area contributed by atoms with E-state index in [1.165, 1.54) is 30.5 Å². The van der Waals surface area contributed by atoms with E-state index in [0.29, 0.717) is 23.4 Å². The largest absolute Gasteiger partial charge is 0.497 e. The monoisotopic (exact) mass is 515 g/mol. The van der Waals surface area contributed by atoms with Gasteiger partial charge in [0.25, 0.3) is 0 Å². The number of piperidine rings is 1. The number of ether oxygens (including phenoxy) is 1. The quantitative estimate of drug-likeness (QED) is 0.519. The summed E-state index contributed by atoms with van der Waals surface area (Å²) < 4.78 is 45.8. The lowest BCUT2D eigenvalue weighted by atomic mass is 9.80. The van der Waals surface area contributed by atoms with Gasteiger partial charge in [0.05, 0.1) is 25.3 Å². The van der Waals surface area contributed by atoms with Crippen LogP contribution >= 0.6 is 0 Å². The summed E-state index contributed by atoms with van der Waals surface area (Å²) in [6, 6.07) is 14.8. The van der Waals surface area contributed by atoms with E-state index in [9.17, 15) is 23.1 Å². The number of hydrazone groups is 1. The standard InChI is InChI=1S/C28H32F3N3O3/c1-17-25(14-26(35)36)34(32-27(17)28(29,30)31)21-10-6-18(7-11-21)12-24-19-8-9-20(24)16-33(15-19)22-4-3-5-23(13-22)37-2/h3-7,10-11,13,17,19-20,24-25H,8-9,12,14-16H2,1-2H3,(H,35,36)/t17-,19?,20?,24?,25-/m0/s1. The van der Waals surface area contributed by atoms with Gasteiger partial charge in [0.15, 0.2) is 0 Å². The highest BCUT2D eigenvalue weighted by Crippen LogP contribution is 2.45. The van der Waals surface area contributed by atoms with E-state index in [2.05, 4.69) is 22.1 Å². The van der Waals surface area contributed by atoms with Crippen molar-refractivity contribution in [2.24, 2.45) is 28.8 Å². The zero-order chi connectivity index (χ0) is 26.3. The van der Waals surface area contributed by atoms with Gasteiger partial charge < -0.3 is 14.7 Å². The van der Waals surface area contributed by atoms with Gasteiger partial charge in [-0.05, 0) is 66.8 Å². The predicted octanol–water partition coefficient (Wildman–Crippen LogP) is 5.62. The third-order valence-electron chi connectivity index (χ3n) is 8.33. The highest BCUT2D eigenvalue weighted by atomic mass is 19.4. The van der Waals surface area contributed by atoms with E-state index in [0.717, 1.165) is 30.8 Å². The van der Waals surface area contributed by atoms with Crippen molar-refractivity contribution in [3.05, 3.63) is 54.1 Å². The molecular formula is C28H32F3N3O3. The predicted molar refractivity (Wildman–Crippen MR) is 136 cm³/mol. The number of hydrogen-bond donors (Lipinski definition) is 1. The molecule has 2 aromatic rings. The molecule has 2 fully saturated rings. The molecule has 2 unspecified atom stereocenters. The molecule has 1 aliphatic carbocycles. The van der Waals surface area contributed by atoms with Crippen LogP contribution in [0.25, 0.3) is 0 Å². The van der Waals surface area contributed by atoms with Gasteiger partial charge in [0.2, 0.25) is 0 Å². The fourth-order valence-electron chi connectivity index (χ4n) is 6.43. The molecule has 2 aliphatic heterocycles. The van der Waals surface area contributed by atoms with Crippen molar-refractivity contribution < 1.29 is 27.8 Å². The lowest BCUT2D eigenvalue weighted by Crippen LogP contribution is -2.42. The normalized spacial score (nSPS) is 27.4. The van der Waals surface area contributed by atoms with Crippen molar-refractivity contribution in [3.63, 3.8) is 0 Å². The number of benzene rings is 2. The van der Waals surface area contributed by atoms with Crippen molar-refractivity contribution in [3.8, 4) is 5.75 Å². The van der Waals surface area contributed by atoms with Crippen LogP contribution in [-0.4, -0.2) is 49.2 Å². The minimum absolute atomic E-state index is 0.415. The Kier molecular flexibility index (Phi) is 6.81. The number of nitrogens with zero attached hydrogens (tertiary/aromatic N) is 3. The molecule has 37 heavy (non-hydrogen) atoms. The van der Waals surface area contributed by atoms with Gasteiger partial charge >= 0.3 is 12.1 Å². The van der Waals surface area contributed by atoms with Crippen LogP contribution in [0.5, 0.6) is 5.75 Å². The van der Waals surface area contributed by atoms with E-state index < -0.39 is 36.2 Å². The first-order valence-corrected chi connectivity index (χ1v) is 12.8. The van der Waals surface area contributed by atoms with Gasteiger partial charge in [-0.2, -0.15) is 18.3 Å². The molecule has 2 aromatic carbocycles. The maximum atomic E-state index is 13.5. The summed E-state index contributed by atoms with van der Waals surface area (Å²) >= 11 is 0.